The minimum absolute atomic E-state index is 0.411. The monoisotopic (exact) mass is 373 g/mol. The second-order valence-corrected chi connectivity index (χ2v) is 7.30. The summed E-state index contributed by atoms with van der Waals surface area (Å²) in [5.74, 6) is 0.411. The third-order valence-corrected chi connectivity index (χ3v) is 5.72. The number of fused-ring (bicyclic) bond motifs is 2. The Morgan fingerprint density at radius 2 is 2.11 bits per heavy atom. The molecule has 2 N–H and O–H groups in total. The number of anilines is 2. The van der Waals surface area contributed by atoms with Crippen molar-refractivity contribution >= 4 is 50.1 Å². The maximum atomic E-state index is 11.1. The highest BCUT2D eigenvalue weighted by molar-refractivity contribution is 7.21. The smallest absolute Gasteiger partial charge is 0.185 e. The summed E-state index contributed by atoms with van der Waals surface area (Å²) in [7, 11) is 1.84. The van der Waals surface area contributed by atoms with Crippen molar-refractivity contribution < 1.29 is 4.79 Å². The van der Waals surface area contributed by atoms with Gasteiger partial charge in [0.05, 0.1) is 22.5 Å². The number of aromatic amines is 1. The second kappa shape index (κ2) is 6.07. The van der Waals surface area contributed by atoms with E-state index in [9.17, 15) is 4.79 Å². The molecule has 0 saturated carbocycles. The highest BCUT2D eigenvalue weighted by atomic mass is 32.1. The molecule has 4 heterocycles. The van der Waals surface area contributed by atoms with Crippen LogP contribution < -0.4 is 5.32 Å². The largest absolute Gasteiger partial charge is 0.361 e. The molecule has 0 amide bonds. The van der Waals surface area contributed by atoms with E-state index in [0.717, 1.165) is 49.4 Å². The number of carbonyl (C=O) groups excluding carboxylic acids is 1. The first-order valence-electron chi connectivity index (χ1n) is 8.43. The molecule has 0 spiro atoms. The zero-order valence-electron chi connectivity index (χ0n) is 14.4. The minimum atomic E-state index is 0.411. The molecule has 0 aliphatic rings. The van der Waals surface area contributed by atoms with E-state index in [0.29, 0.717) is 5.82 Å². The predicted molar refractivity (Wildman–Crippen MR) is 109 cm³/mol. The summed E-state index contributed by atoms with van der Waals surface area (Å²) in [6.07, 6.45) is 6.23. The van der Waals surface area contributed by atoms with E-state index in [1.54, 1.807) is 28.3 Å². The Morgan fingerprint density at radius 1 is 1.19 bits per heavy atom. The number of H-pyrrole nitrogens is 1. The van der Waals surface area contributed by atoms with Crippen LogP contribution in [0.5, 0.6) is 0 Å². The average Bonchev–Trinajstić information content (AvgIpc) is 3.39. The molecule has 0 bridgehead atoms. The molecule has 5 rings (SSSR count). The number of carbonyl (C=O) groups is 1. The van der Waals surface area contributed by atoms with Crippen LogP contribution >= 0.6 is 11.3 Å². The molecule has 4 aromatic heterocycles. The van der Waals surface area contributed by atoms with E-state index in [1.807, 2.05) is 19.3 Å². The molecule has 7 heteroatoms. The van der Waals surface area contributed by atoms with Gasteiger partial charge < -0.3 is 14.9 Å². The molecule has 0 atom stereocenters. The Bertz CT molecular complexity index is 1300. The molecular weight excluding hydrogens is 358 g/mol. The van der Waals surface area contributed by atoms with Crippen molar-refractivity contribution in [3.8, 4) is 10.6 Å². The van der Waals surface area contributed by atoms with E-state index in [2.05, 4.69) is 50.6 Å². The highest BCUT2D eigenvalue weighted by Gasteiger charge is 2.14. The zero-order valence-corrected chi connectivity index (χ0v) is 15.2. The number of nitrogens with zero attached hydrogens (tertiary/aromatic N) is 3. The van der Waals surface area contributed by atoms with Gasteiger partial charge in [0, 0.05) is 41.4 Å². The van der Waals surface area contributed by atoms with E-state index in [4.69, 9.17) is 0 Å². The fraction of sp³-hybridized carbons (Fsp3) is 0.0500. The first kappa shape index (κ1) is 15.8. The molecule has 0 unspecified atom stereocenters. The lowest BCUT2D eigenvalue weighted by Gasteiger charge is -2.07. The average molecular weight is 373 g/mol. The summed E-state index contributed by atoms with van der Waals surface area (Å²) in [4.78, 5) is 24.9. The molecule has 1 aromatic carbocycles. The highest BCUT2D eigenvalue weighted by Crippen LogP contribution is 2.37. The SMILES string of the molecule is Cn1c(-c2cc3c(Nc4ccc5[nH]ccc5c4)ccnc3s2)cnc1C=O. The number of hydrogen-bond donors (Lipinski definition) is 2. The van der Waals surface area contributed by atoms with Crippen LogP contribution in [0.15, 0.2) is 55.0 Å². The molecule has 0 aliphatic heterocycles. The molecular formula is C20H15N5OS. The van der Waals surface area contributed by atoms with Gasteiger partial charge in [-0.1, -0.05) is 0 Å². The Labute approximate surface area is 158 Å². The van der Waals surface area contributed by atoms with Crippen molar-refractivity contribution in [2.45, 2.75) is 0 Å². The molecule has 0 fully saturated rings. The van der Waals surface area contributed by atoms with Crippen molar-refractivity contribution in [2.24, 2.45) is 7.05 Å². The second-order valence-electron chi connectivity index (χ2n) is 6.27. The number of nitrogens with one attached hydrogen (secondary N) is 2. The van der Waals surface area contributed by atoms with Crippen LogP contribution in [0.2, 0.25) is 0 Å². The number of rotatable bonds is 4. The van der Waals surface area contributed by atoms with E-state index >= 15 is 0 Å². The Morgan fingerprint density at radius 3 is 2.96 bits per heavy atom. The van der Waals surface area contributed by atoms with Crippen molar-refractivity contribution in [3.63, 3.8) is 0 Å². The fourth-order valence-electron chi connectivity index (χ4n) is 3.22. The molecule has 5 aromatic rings. The first-order valence-corrected chi connectivity index (χ1v) is 9.24. The summed E-state index contributed by atoms with van der Waals surface area (Å²) in [6.45, 7) is 0. The van der Waals surface area contributed by atoms with Crippen LogP contribution in [0.4, 0.5) is 11.4 Å². The van der Waals surface area contributed by atoms with Gasteiger partial charge in [-0.05, 0) is 36.4 Å². The summed E-state index contributed by atoms with van der Waals surface area (Å²) in [5, 5.41) is 5.70. The molecule has 6 nitrogen and oxygen atoms in total. The number of benzene rings is 1. The summed E-state index contributed by atoms with van der Waals surface area (Å²) >= 11 is 1.58. The third-order valence-electron chi connectivity index (χ3n) is 4.65. The summed E-state index contributed by atoms with van der Waals surface area (Å²) in [6, 6.07) is 12.3. The van der Waals surface area contributed by atoms with Gasteiger partial charge in [0.1, 0.15) is 4.83 Å². The van der Waals surface area contributed by atoms with Gasteiger partial charge in [0.25, 0.3) is 0 Å². The van der Waals surface area contributed by atoms with Gasteiger partial charge in [-0.3, -0.25) is 4.79 Å². The lowest BCUT2D eigenvalue weighted by molar-refractivity contribution is 0.111. The number of aldehydes is 1. The van der Waals surface area contributed by atoms with Gasteiger partial charge in [0.2, 0.25) is 0 Å². The topological polar surface area (TPSA) is 75.6 Å². The lowest BCUT2D eigenvalue weighted by Crippen LogP contribution is -1.96. The van der Waals surface area contributed by atoms with E-state index < -0.39 is 0 Å². The van der Waals surface area contributed by atoms with Crippen molar-refractivity contribution in [1.29, 1.82) is 0 Å². The van der Waals surface area contributed by atoms with Crippen molar-refractivity contribution in [2.75, 3.05) is 5.32 Å². The lowest BCUT2D eigenvalue weighted by atomic mass is 10.2. The third kappa shape index (κ3) is 2.60. The molecule has 27 heavy (non-hydrogen) atoms. The Hall–Kier alpha value is -3.45. The van der Waals surface area contributed by atoms with E-state index in [-0.39, 0.29) is 0 Å². The summed E-state index contributed by atoms with van der Waals surface area (Å²) in [5.41, 5.74) is 4.03. The van der Waals surface area contributed by atoms with Crippen LogP contribution in [0.1, 0.15) is 10.6 Å². The van der Waals surface area contributed by atoms with Crippen LogP contribution in [-0.2, 0) is 7.05 Å². The van der Waals surface area contributed by atoms with Crippen molar-refractivity contribution in [1.82, 2.24) is 19.5 Å². The number of pyridine rings is 1. The molecule has 0 saturated heterocycles. The minimum Gasteiger partial charge on any atom is -0.361 e. The first-order chi connectivity index (χ1) is 13.2. The predicted octanol–water partition coefficient (Wildman–Crippen LogP) is 4.73. The Balaban J connectivity index is 1.57. The van der Waals surface area contributed by atoms with Gasteiger partial charge >= 0.3 is 0 Å². The van der Waals surface area contributed by atoms with Crippen LogP contribution in [0, 0.1) is 0 Å². The molecule has 0 radical (unpaired) electrons. The normalized spacial score (nSPS) is 11.3. The van der Waals surface area contributed by atoms with Gasteiger partial charge in [-0.15, -0.1) is 11.3 Å². The number of hydrogen-bond acceptors (Lipinski definition) is 5. The quantitative estimate of drug-likeness (QED) is 0.446. The van der Waals surface area contributed by atoms with Gasteiger partial charge in [-0.25, -0.2) is 9.97 Å². The summed E-state index contributed by atoms with van der Waals surface area (Å²) < 4.78 is 1.80. The van der Waals surface area contributed by atoms with Crippen LogP contribution in [0.25, 0.3) is 31.7 Å². The fourth-order valence-corrected chi connectivity index (χ4v) is 4.30. The van der Waals surface area contributed by atoms with Crippen LogP contribution in [-0.4, -0.2) is 25.8 Å². The van der Waals surface area contributed by atoms with Crippen LogP contribution in [0.3, 0.4) is 0 Å². The zero-order chi connectivity index (χ0) is 18.4. The van der Waals surface area contributed by atoms with Gasteiger partial charge in [0.15, 0.2) is 12.1 Å². The van der Waals surface area contributed by atoms with E-state index in [1.165, 1.54) is 0 Å². The Kier molecular flexibility index (Phi) is 3.54. The molecule has 0 aliphatic carbocycles. The maximum absolute atomic E-state index is 11.1. The number of imidazole rings is 1. The van der Waals surface area contributed by atoms with Gasteiger partial charge in [-0.2, -0.15) is 0 Å². The molecule has 132 valence electrons. The standard InChI is InChI=1S/C20H15N5OS/c1-25-17(10-23-19(25)11-26)18-9-14-16(5-7-22-20(14)27-18)24-13-2-3-15-12(8-13)4-6-21-15/h2-11,21H,1H3,(H,22,24). The van der Waals surface area contributed by atoms with Crippen molar-refractivity contribution in [3.05, 3.63) is 60.8 Å². The number of thiophene rings is 1. The number of aromatic nitrogens is 4. The maximum Gasteiger partial charge on any atom is 0.185 e.